The third kappa shape index (κ3) is 5.04. The summed E-state index contributed by atoms with van der Waals surface area (Å²) in [5.41, 5.74) is 1.11. The van der Waals surface area contributed by atoms with Crippen LogP contribution < -0.4 is 9.47 Å². The summed E-state index contributed by atoms with van der Waals surface area (Å²) in [5, 5.41) is 10.4. The molecule has 0 radical (unpaired) electrons. The van der Waals surface area contributed by atoms with Gasteiger partial charge in [-0.15, -0.1) is 0 Å². The van der Waals surface area contributed by atoms with Crippen molar-refractivity contribution in [1.29, 1.82) is 0 Å². The van der Waals surface area contributed by atoms with E-state index >= 15 is 0 Å². The standard InChI is InChI=1S/C17H28O3/c1-12(11-17(2,3)4)9-15(18)14-8-7-13(19-5)10-16(14)20-6/h7-8,10,12,15,18H,9,11H2,1-6H3. The maximum absolute atomic E-state index is 10.4. The highest BCUT2D eigenvalue weighted by Crippen LogP contribution is 2.35. The number of methoxy groups -OCH3 is 2. The molecule has 114 valence electrons. The third-order valence-electron chi connectivity index (χ3n) is 3.39. The lowest BCUT2D eigenvalue weighted by Crippen LogP contribution is -2.14. The van der Waals surface area contributed by atoms with Gasteiger partial charge < -0.3 is 14.6 Å². The van der Waals surface area contributed by atoms with E-state index in [1.807, 2.05) is 18.2 Å². The Kier molecular flexibility index (Phi) is 5.88. The molecule has 0 aromatic heterocycles. The zero-order valence-electron chi connectivity index (χ0n) is 13.6. The van der Waals surface area contributed by atoms with Crippen LogP contribution in [0.3, 0.4) is 0 Å². The van der Waals surface area contributed by atoms with Crippen LogP contribution in [-0.2, 0) is 0 Å². The number of hydrogen-bond donors (Lipinski definition) is 1. The van der Waals surface area contributed by atoms with Gasteiger partial charge in [0.05, 0.1) is 20.3 Å². The molecule has 0 saturated carbocycles. The van der Waals surface area contributed by atoms with Crippen LogP contribution in [0.1, 0.15) is 52.2 Å². The van der Waals surface area contributed by atoms with E-state index in [4.69, 9.17) is 9.47 Å². The zero-order chi connectivity index (χ0) is 15.3. The second-order valence-electron chi connectivity index (χ2n) is 6.73. The lowest BCUT2D eigenvalue weighted by Gasteiger charge is -2.25. The molecule has 0 fully saturated rings. The molecule has 1 rings (SSSR count). The zero-order valence-corrected chi connectivity index (χ0v) is 13.6. The van der Waals surface area contributed by atoms with E-state index in [2.05, 4.69) is 27.7 Å². The predicted octanol–water partition coefficient (Wildman–Crippen LogP) is 4.20. The summed E-state index contributed by atoms with van der Waals surface area (Å²) in [6, 6.07) is 5.55. The topological polar surface area (TPSA) is 38.7 Å². The Morgan fingerprint density at radius 2 is 1.80 bits per heavy atom. The highest BCUT2D eigenvalue weighted by atomic mass is 16.5. The largest absolute Gasteiger partial charge is 0.497 e. The fourth-order valence-electron chi connectivity index (χ4n) is 2.73. The number of benzene rings is 1. The second-order valence-corrected chi connectivity index (χ2v) is 6.73. The second kappa shape index (κ2) is 6.98. The molecule has 20 heavy (non-hydrogen) atoms. The Hall–Kier alpha value is -1.22. The lowest BCUT2D eigenvalue weighted by molar-refractivity contribution is 0.131. The maximum atomic E-state index is 10.4. The van der Waals surface area contributed by atoms with Crippen molar-refractivity contribution in [3.8, 4) is 11.5 Å². The number of rotatable bonds is 6. The highest BCUT2D eigenvalue weighted by Gasteiger charge is 2.21. The van der Waals surface area contributed by atoms with E-state index < -0.39 is 6.10 Å². The van der Waals surface area contributed by atoms with Crippen molar-refractivity contribution < 1.29 is 14.6 Å². The summed E-state index contributed by atoms with van der Waals surface area (Å²) in [4.78, 5) is 0. The van der Waals surface area contributed by atoms with E-state index in [1.165, 1.54) is 0 Å². The smallest absolute Gasteiger partial charge is 0.128 e. The fraction of sp³-hybridized carbons (Fsp3) is 0.647. The molecule has 2 atom stereocenters. The number of aliphatic hydroxyl groups excluding tert-OH is 1. The molecule has 1 aromatic rings. The number of ether oxygens (including phenoxy) is 2. The van der Waals surface area contributed by atoms with Crippen molar-refractivity contribution in [3.05, 3.63) is 23.8 Å². The molecule has 0 heterocycles. The van der Waals surface area contributed by atoms with Crippen molar-refractivity contribution in [3.63, 3.8) is 0 Å². The minimum absolute atomic E-state index is 0.281. The molecule has 1 N–H and O–H groups in total. The van der Waals surface area contributed by atoms with Gasteiger partial charge in [-0.25, -0.2) is 0 Å². The van der Waals surface area contributed by atoms with Crippen LogP contribution in [0.2, 0.25) is 0 Å². The first kappa shape index (κ1) is 16.8. The van der Waals surface area contributed by atoms with E-state index in [9.17, 15) is 5.11 Å². The third-order valence-corrected chi connectivity index (χ3v) is 3.39. The van der Waals surface area contributed by atoms with Gasteiger partial charge in [0.15, 0.2) is 0 Å². The molecule has 1 aromatic carbocycles. The first-order chi connectivity index (χ1) is 9.26. The Balaban J connectivity index is 2.79. The van der Waals surface area contributed by atoms with Crippen LogP contribution in [0.5, 0.6) is 11.5 Å². The average molecular weight is 280 g/mol. The van der Waals surface area contributed by atoms with Crippen LogP contribution >= 0.6 is 0 Å². The van der Waals surface area contributed by atoms with Crippen LogP contribution in [0, 0.1) is 11.3 Å². The van der Waals surface area contributed by atoms with Gasteiger partial charge in [0.1, 0.15) is 11.5 Å². The van der Waals surface area contributed by atoms with Crippen LogP contribution in [-0.4, -0.2) is 19.3 Å². The van der Waals surface area contributed by atoms with Crippen molar-refractivity contribution in [1.82, 2.24) is 0 Å². The fourth-order valence-corrected chi connectivity index (χ4v) is 2.73. The minimum Gasteiger partial charge on any atom is -0.497 e. The molecule has 2 unspecified atom stereocenters. The van der Waals surface area contributed by atoms with Gasteiger partial charge in [-0.2, -0.15) is 0 Å². The SMILES string of the molecule is COc1ccc(C(O)CC(C)CC(C)(C)C)c(OC)c1. The summed E-state index contributed by atoms with van der Waals surface area (Å²) in [7, 11) is 3.24. The molecule has 0 aliphatic heterocycles. The van der Waals surface area contributed by atoms with E-state index in [0.717, 1.165) is 24.2 Å². The Morgan fingerprint density at radius 1 is 1.15 bits per heavy atom. The molecular weight excluding hydrogens is 252 g/mol. The monoisotopic (exact) mass is 280 g/mol. The van der Waals surface area contributed by atoms with Gasteiger partial charge in [-0.3, -0.25) is 0 Å². The van der Waals surface area contributed by atoms with Gasteiger partial charge in [-0.05, 0) is 36.3 Å². The van der Waals surface area contributed by atoms with Crippen molar-refractivity contribution in [2.75, 3.05) is 14.2 Å². The van der Waals surface area contributed by atoms with E-state index in [1.54, 1.807) is 14.2 Å². The molecule has 0 spiro atoms. The molecular formula is C17H28O3. The van der Waals surface area contributed by atoms with Gasteiger partial charge in [0, 0.05) is 11.6 Å². The molecule has 0 aliphatic carbocycles. The molecule has 0 saturated heterocycles. The first-order valence-electron chi connectivity index (χ1n) is 7.17. The van der Waals surface area contributed by atoms with Gasteiger partial charge >= 0.3 is 0 Å². The van der Waals surface area contributed by atoms with Gasteiger partial charge in [0.2, 0.25) is 0 Å². The van der Waals surface area contributed by atoms with E-state index in [-0.39, 0.29) is 5.41 Å². The Bertz CT molecular complexity index is 421. The molecule has 0 amide bonds. The highest BCUT2D eigenvalue weighted by molar-refractivity contribution is 5.41. The van der Waals surface area contributed by atoms with Crippen molar-refractivity contribution >= 4 is 0 Å². The van der Waals surface area contributed by atoms with Gasteiger partial charge in [-0.1, -0.05) is 27.7 Å². The summed E-state index contributed by atoms with van der Waals surface area (Å²) < 4.78 is 10.5. The van der Waals surface area contributed by atoms with Crippen molar-refractivity contribution in [2.24, 2.45) is 11.3 Å². The van der Waals surface area contributed by atoms with Gasteiger partial charge in [0.25, 0.3) is 0 Å². The molecule has 0 aliphatic rings. The van der Waals surface area contributed by atoms with E-state index in [0.29, 0.717) is 11.7 Å². The number of hydrogen-bond acceptors (Lipinski definition) is 3. The maximum Gasteiger partial charge on any atom is 0.128 e. The quantitative estimate of drug-likeness (QED) is 0.848. The Morgan fingerprint density at radius 3 is 2.30 bits per heavy atom. The molecule has 3 heteroatoms. The average Bonchev–Trinajstić information content (AvgIpc) is 2.35. The predicted molar refractivity (Wildman–Crippen MR) is 82.4 cm³/mol. The summed E-state index contributed by atoms with van der Waals surface area (Å²) >= 11 is 0. The van der Waals surface area contributed by atoms with Crippen LogP contribution in [0.4, 0.5) is 0 Å². The van der Waals surface area contributed by atoms with Crippen molar-refractivity contribution in [2.45, 2.75) is 46.6 Å². The molecule has 0 bridgehead atoms. The minimum atomic E-state index is -0.506. The number of aliphatic hydroxyl groups is 1. The van der Waals surface area contributed by atoms with Crippen LogP contribution in [0.25, 0.3) is 0 Å². The lowest BCUT2D eigenvalue weighted by atomic mass is 9.82. The summed E-state index contributed by atoms with van der Waals surface area (Å²) in [6.07, 6.45) is 1.32. The first-order valence-corrected chi connectivity index (χ1v) is 7.17. The Labute approximate surface area is 122 Å². The molecule has 3 nitrogen and oxygen atoms in total. The summed E-state index contributed by atoms with van der Waals surface area (Å²) in [5.74, 6) is 1.87. The normalized spacial score (nSPS) is 14.8. The summed E-state index contributed by atoms with van der Waals surface area (Å²) in [6.45, 7) is 8.86. The van der Waals surface area contributed by atoms with Crippen LogP contribution in [0.15, 0.2) is 18.2 Å².